The van der Waals surface area contributed by atoms with Gasteiger partial charge >= 0.3 is 11.9 Å². The minimum Gasteiger partial charge on any atom is -0.481 e. The molecule has 30 heavy (non-hydrogen) atoms. The molecular formula is C20H29N3O6S. The van der Waals surface area contributed by atoms with Crippen LogP contribution in [0.2, 0.25) is 0 Å². The normalized spacial score (nSPS) is 12.6. The van der Waals surface area contributed by atoms with Gasteiger partial charge in [-0.25, -0.2) is 4.79 Å². The van der Waals surface area contributed by atoms with Crippen LogP contribution >= 0.6 is 11.8 Å². The topological polar surface area (TPSA) is 159 Å². The number of carboxylic acid groups (broad SMARTS) is 2. The number of carbonyl (C=O) groups excluding carboxylic acids is 2. The third-order valence-electron chi connectivity index (χ3n) is 4.17. The molecule has 0 aromatic heterocycles. The number of benzene rings is 1. The highest BCUT2D eigenvalue weighted by atomic mass is 32.2. The van der Waals surface area contributed by atoms with Gasteiger partial charge in [-0.2, -0.15) is 0 Å². The van der Waals surface area contributed by atoms with Gasteiger partial charge in [0.25, 0.3) is 0 Å². The Balaban J connectivity index is 2.52. The van der Waals surface area contributed by atoms with Crippen molar-refractivity contribution in [1.82, 2.24) is 10.6 Å². The zero-order valence-corrected chi connectivity index (χ0v) is 17.5. The molecule has 0 saturated carbocycles. The number of nitrogens with one attached hydrogen (secondary N) is 2. The van der Waals surface area contributed by atoms with E-state index >= 15 is 0 Å². The SMILES string of the molecule is NCCC[C@@H](NC(=O)CCCSc1ccccc1)C(=O)N[C@H](CCC(=O)O)C(=O)O. The quantitative estimate of drug-likeness (QED) is 0.201. The summed E-state index contributed by atoms with van der Waals surface area (Å²) in [6.07, 6.45) is 0.939. The largest absolute Gasteiger partial charge is 0.481 e. The molecule has 1 aromatic rings. The molecule has 1 aromatic carbocycles. The average Bonchev–Trinajstić information content (AvgIpc) is 2.71. The van der Waals surface area contributed by atoms with E-state index in [0.717, 1.165) is 10.6 Å². The highest BCUT2D eigenvalue weighted by molar-refractivity contribution is 7.99. The molecule has 0 aliphatic carbocycles. The van der Waals surface area contributed by atoms with Crippen molar-refractivity contribution < 1.29 is 29.4 Å². The van der Waals surface area contributed by atoms with Gasteiger partial charge in [0.2, 0.25) is 11.8 Å². The van der Waals surface area contributed by atoms with Crippen LogP contribution in [0.15, 0.2) is 35.2 Å². The lowest BCUT2D eigenvalue weighted by atomic mass is 10.1. The van der Waals surface area contributed by atoms with Crippen molar-refractivity contribution in [3.63, 3.8) is 0 Å². The van der Waals surface area contributed by atoms with Crippen LogP contribution in [0.25, 0.3) is 0 Å². The van der Waals surface area contributed by atoms with E-state index in [-0.39, 0.29) is 25.2 Å². The molecule has 0 saturated heterocycles. The Morgan fingerprint density at radius 3 is 2.23 bits per heavy atom. The molecule has 6 N–H and O–H groups in total. The summed E-state index contributed by atoms with van der Waals surface area (Å²) in [5.74, 6) is -2.71. The van der Waals surface area contributed by atoms with Crippen LogP contribution in [0, 0.1) is 0 Å². The number of rotatable bonds is 15. The first-order valence-corrected chi connectivity index (χ1v) is 10.7. The van der Waals surface area contributed by atoms with Crippen molar-refractivity contribution >= 4 is 35.5 Å². The summed E-state index contributed by atoms with van der Waals surface area (Å²) < 4.78 is 0. The molecule has 2 atom stereocenters. The van der Waals surface area contributed by atoms with Crippen molar-refractivity contribution in [1.29, 1.82) is 0 Å². The van der Waals surface area contributed by atoms with Crippen LogP contribution in [0.4, 0.5) is 0 Å². The van der Waals surface area contributed by atoms with E-state index < -0.39 is 36.4 Å². The van der Waals surface area contributed by atoms with Crippen LogP contribution < -0.4 is 16.4 Å². The van der Waals surface area contributed by atoms with Gasteiger partial charge in [-0.1, -0.05) is 18.2 Å². The van der Waals surface area contributed by atoms with Gasteiger partial charge in [-0.3, -0.25) is 14.4 Å². The third kappa shape index (κ3) is 10.8. The molecule has 0 aliphatic heterocycles. The van der Waals surface area contributed by atoms with Gasteiger partial charge in [0.15, 0.2) is 0 Å². The molecule has 10 heteroatoms. The minimum atomic E-state index is -1.34. The fourth-order valence-corrected chi connectivity index (χ4v) is 3.47. The van der Waals surface area contributed by atoms with Crippen LogP contribution in [0.1, 0.15) is 38.5 Å². The van der Waals surface area contributed by atoms with E-state index in [4.69, 9.17) is 10.8 Å². The van der Waals surface area contributed by atoms with Gasteiger partial charge < -0.3 is 26.6 Å². The van der Waals surface area contributed by atoms with Crippen LogP contribution in [0.5, 0.6) is 0 Å². The maximum absolute atomic E-state index is 12.5. The monoisotopic (exact) mass is 439 g/mol. The Kier molecular flexibility index (Phi) is 12.2. The van der Waals surface area contributed by atoms with Gasteiger partial charge in [-0.15, -0.1) is 11.8 Å². The smallest absolute Gasteiger partial charge is 0.326 e. The van der Waals surface area contributed by atoms with Crippen molar-refractivity contribution in [3.05, 3.63) is 30.3 Å². The van der Waals surface area contributed by atoms with Gasteiger partial charge in [-0.05, 0) is 50.1 Å². The number of amides is 2. The lowest BCUT2D eigenvalue weighted by molar-refractivity contribution is -0.143. The number of thioether (sulfide) groups is 1. The maximum atomic E-state index is 12.5. The van der Waals surface area contributed by atoms with Crippen molar-refractivity contribution in [2.45, 2.75) is 55.5 Å². The van der Waals surface area contributed by atoms with E-state index in [0.29, 0.717) is 19.4 Å². The summed E-state index contributed by atoms with van der Waals surface area (Å²) in [4.78, 5) is 47.8. The first-order valence-electron chi connectivity index (χ1n) is 9.75. The molecule has 0 fully saturated rings. The Hall–Kier alpha value is -2.59. The number of aliphatic carboxylic acids is 2. The second-order valence-electron chi connectivity index (χ2n) is 6.65. The fourth-order valence-electron chi connectivity index (χ4n) is 2.59. The summed E-state index contributed by atoms with van der Waals surface area (Å²) >= 11 is 1.63. The van der Waals surface area contributed by atoms with Crippen LogP contribution in [-0.2, 0) is 19.2 Å². The molecule has 0 spiro atoms. The number of hydrogen-bond acceptors (Lipinski definition) is 6. The number of carbonyl (C=O) groups is 4. The Morgan fingerprint density at radius 1 is 0.933 bits per heavy atom. The Bertz CT molecular complexity index is 701. The summed E-state index contributed by atoms with van der Waals surface area (Å²) in [7, 11) is 0. The highest BCUT2D eigenvalue weighted by Gasteiger charge is 2.26. The van der Waals surface area contributed by atoms with Crippen molar-refractivity contribution in [2.24, 2.45) is 5.73 Å². The minimum absolute atomic E-state index is 0.230. The number of nitrogens with two attached hydrogens (primary N) is 1. The molecule has 9 nitrogen and oxygen atoms in total. The van der Waals surface area contributed by atoms with Crippen molar-refractivity contribution in [2.75, 3.05) is 12.3 Å². The molecule has 0 heterocycles. The molecule has 0 radical (unpaired) electrons. The summed E-state index contributed by atoms with van der Waals surface area (Å²) in [6, 6.07) is 7.53. The molecule has 0 bridgehead atoms. The average molecular weight is 440 g/mol. The summed E-state index contributed by atoms with van der Waals surface area (Å²) in [5.41, 5.74) is 5.49. The first-order chi connectivity index (χ1) is 14.3. The fraction of sp³-hybridized carbons (Fsp3) is 0.500. The third-order valence-corrected chi connectivity index (χ3v) is 5.27. The molecule has 0 aliphatic rings. The lowest BCUT2D eigenvalue weighted by Gasteiger charge is -2.21. The van der Waals surface area contributed by atoms with Gasteiger partial charge in [0, 0.05) is 17.7 Å². The Morgan fingerprint density at radius 2 is 1.63 bits per heavy atom. The molecule has 2 amide bonds. The summed E-state index contributed by atoms with van der Waals surface area (Å²) in [5, 5.41) is 22.9. The standard InChI is InChI=1S/C20H29N3O6S/c21-12-4-8-15(19(27)23-16(20(28)29)10-11-18(25)26)22-17(24)9-5-13-30-14-6-2-1-3-7-14/h1-3,6-7,15-16H,4-5,8-13,21H2,(H,22,24)(H,23,27)(H,25,26)(H,28,29)/t15-,16-/m1/s1. The highest BCUT2D eigenvalue weighted by Crippen LogP contribution is 2.18. The predicted molar refractivity (Wildman–Crippen MR) is 113 cm³/mol. The zero-order valence-electron chi connectivity index (χ0n) is 16.7. The first kappa shape index (κ1) is 25.4. The molecule has 0 unspecified atom stereocenters. The van der Waals surface area contributed by atoms with Gasteiger partial charge in [0.05, 0.1) is 0 Å². The number of hydrogen-bond donors (Lipinski definition) is 5. The second-order valence-corrected chi connectivity index (χ2v) is 7.82. The Labute approximate surface area is 179 Å². The maximum Gasteiger partial charge on any atom is 0.326 e. The van der Waals surface area contributed by atoms with Crippen LogP contribution in [0.3, 0.4) is 0 Å². The van der Waals surface area contributed by atoms with Gasteiger partial charge in [0.1, 0.15) is 12.1 Å². The zero-order chi connectivity index (χ0) is 22.4. The lowest BCUT2D eigenvalue weighted by Crippen LogP contribution is -2.51. The number of carboxylic acids is 2. The van der Waals surface area contributed by atoms with E-state index in [9.17, 15) is 24.3 Å². The van der Waals surface area contributed by atoms with E-state index in [2.05, 4.69) is 10.6 Å². The van der Waals surface area contributed by atoms with Crippen LogP contribution in [-0.4, -0.2) is 58.3 Å². The van der Waals surface area contributed by atoms with E-state index in [1.165, 1.54) is 0 Å². The molecular weight excluding hydrogens is 410 g/mol. The predicted octanol–water partition coefficient (Wildman–Crippen LogP) is 1.22. The molecule has 1 rings (SSSR count). The summed E-state index contributed by atoms with van der Waals surface area (Å²) in [6.45, 7) is 0.314. The second kappa shape index (κ2) is 14.4. The van der Waals surface area contributed by atoms with E-state index in [1.807, 2.05) is 30.3 Å². The van der Waals surface area contributed by atoms with E-state index in [1.54, 1.807) is 11.8 Å². The van der Waals surface area contributed by atoms with Crippen molar-refractivity contribution in [3.8, 4) is 0 Å². The molecule has 166 valence electrons.